The molecule has 0 fully saturated rings. The van der Waals surface area contributed by atoms with Gasteiger partial charge in [-0.3, -0.25) is 0 Å². The first-order valence-corrected chi connectivity index (χ1v) is 6.22. The van der Waals surface area contributed by atoms with E-state index < -0.39 is 0 Å². The molecule has 0 amide bonds. The Kier molecular flexibility index (Phi) is 5.42. The lowest BCUT2D eigenvalue weighted by Gasteiger charge is -2.14. The van der Waals surface area contributed by atoms with Crippen molar-refractivity contribution < 1.29 is 4.39 Å². The van der Waals surface area contributed by atoms with Gasteiger partial charge < -0.3 is 10.2 Å². The number of anilines is 1. The van der Waals surface area contributed by atoms with Crippen molar-refractivity contribution in [3.8, 4) is 0 Å². The van der Waals surface area contributed by atoms with E-state index >= 15 is 0 Å². The van der Waals surface area contributed by atoms with Gasteiger partial charge in [0.2, 0.25) is 0 Å². The average molecular weight is 238 g/mol. The van der Waals surface area contributed by atoms with Gasteiger partial charge in [-0.25, -0.2) is 4.39 Å². The van der Waals surface area contributed by atoms with Gasteiger partial charge in [-0.15, -0.1) is 0 Å². The first-order chi connectivity index (χ1) is 8.02. The molecular weight excluding hydrogens is 215 g/mol. The predicted octanol–water partition coefficient (Wildman–Crippen LogP) is 3.31. The van der Waals surface area contributed by atoms with Gasteiger partial charge >= 0.3 is 0 Å². The van der Waals surface area contributed by atoms with Crippen molar-refractivity contribution in [3.63, 3.8) is 0 Å². The van der Waals surface area contributed by atoms with E-state index in [0.717, 1.165) is 30.8 Å². The SMILES string of the molecule is CCC(C)c1cc(F)cc(NCCN(C)C)c1. The summed E-state index contributed by atoms with van der Waals surface area (Å²) in [5, 5.41) is 3.25. The maximum atomic E-state index is 13.5. The number of nitrogens with one attached hydrogen (secondary N) is 1. The van der Waals surface area contributed by atoms with Crippen LogP contribution in [0.3, 0.4) is 0 Å². The van der Waals surface area contributed by atoms with Crippen LogP contribution in [0, 0.1) is 5.82 Å². The maximum Gasteiger partial charge on any atom is 0.125 e. The zero-order chi connectivity index (χ0) is 12.8. The molecule has 0 saturated heterocycles. The van der Waals surface area contributed by atoms with Crippen LogP contribution in [-0.2, 0) is 0 Å². The van der Waals surface area contributed by atoms with Crippen molar-refractivity contribution in [1.29, 1.82) is 0 Å². The summed E-state index contributed by atoms with van der Waals surface area (Å²) in [6, 6.07) is 5.24. The standard InChI is InChI=1S/C14H23FN2/c1-5-11(2)12-8-13(15)10-14(9-12)16-6-7-17(3)4/h8-11,16H,5-7H2,1-4H3. The van der Waals surface area contributed by atoms with Gasteiger partial charge in [0.1, 0.15) is 5.82 Å². The molecule has 1 N–H and O–H groups in total. The minimum atomic E-state index is -0.157. The molecule has 0 aliphatic rings. The third-order valence-corrected chi connectivity index (χ3v) is 2.99. The molecule has 0 radical (unpaired) electrons. The molecule has 0 saturated carbocycles. The number of rotatable bonds is 6. The number of nitrogens with zero attached hydrogens (tertiary/aromatic N) is 1. The van der Waals surface area contributed by atoms with Crippen molar-refractivity contribution in [3.05, 3.63) is 29.6 Å². The Labute approximate surface area is 104 Å². The molecular formula is C14H23FN2. The summed E-state index contributed by atoms with van der Waals surface area (Å²) in [6.07, 6.45) is 1.03. The van der Waals surface area contributed by atoms with E-state index in [2.05, 4.69) is 24.1 Å². The second kappa shape index (κ2) is 6.60. The highest BCUT2D eigenvalue weighted by Crippen LogP contribution is 2.23. The van der Waals surface area contributed by atoms with Gasteiger partial charge in [0, 0.05) is 18.8 Å². The average Bonchev–Trinajstić information content (AvgIpc) is 2.26. The van der Waals surface area contributed by atoms with Crippen LogP contribution < -0.4 is 5.32 Å². The second-order valence-corrected chi connectivity index (χ2v) is 4.81. The van der Waals surface area contributed by atoms with Crippen LogP contribution in [0.25, 0.3) is 0 Å². The highest BCUT2D eigenvalue weighted by molar-refractivity contribution is 5.47. The number of halogens is 1. The van der Waals surface area contributed by atoms with Crippen LogP contribution in [-0.4, -0.2) is 32.1 Å². The summed E-state index contributed by atoms with van der Waals surface area (Å²) in [5.41, 5.74) is 1.95. The minimum Gasteiger partial charge on any atom is -0.384 e. The molecule has 1 aromatic rings. The lowest BCUT2D eigenvalue weighted by Crippen LogP contribution is -2.20. The van der Waals surface area contributed by atoms with E-state index in [1.54, 1.807) is 12.1 Å². The van der Waals surface area contributed by atoms with E-state index in [1.807, 2.05) is 20.2 Å². The van der Waals surface area contributed by atoms with Gasteiger partial charge in [-0.1, -0.05) is 13.8 Å². The van der Waals surface area contributed by atoms with Crippen molar-refractivity contribution in [2.75, 3.05) is 32.5 Å². The summed E-state index contributed by atoms with van der Waals surface area (Å²) in [5.74, 6) is 0.246. The van der Waals surface area contributed by atoms with E-state index in [1.165, 1.54) is 0 Å². The fourth-order valence-corrected chi connectivity index (χ4v) is 1.66. The molecule has 0 aliphatic heterocycles. The molecule has 0 bridgehead atoms. The number of benzene rings is 1. The Balaban J connectivity index is 2.69. The molecule has 0 aromatic heterocycles. The minimum absolute atomic E-state index is 0.157. The van der Waals surface area contributed by atoms with Crippen LogP contribution in [0.15, 0.2) is 18.2 Å². The predicted molar refractivity (Wildman–Crippen MR) is 72.1 cm³/mol. The van der Waals surface area contributed by atoms with E-state index in [0.29, 0.717) is 5.92 Å². The summed E-state index contributed by atoms with van der Waals surface area (Å²) in [4.78, 5) is 2.10. The second-order valence-electron chi connectivity index (χ2n) is 4.81. The van der Waals surface area contributed by atoms with Gasteiger partial charge in [0.25, 0.3) is 0 Å². The topological polar surface area (TPSA) is 15.3 Å². The Morgan fingerprint density at radius 1 is 1.29 bits per heavy atom. The molecule has 1 aromatic carbocycles. The van der Waals surface area contributed by atoms with E-state index in [-0.39, 0.29) is 5.82 Å². The Hall–Kier alpha value is -1.09. The third kappa shape index (κ3) is 4.73. The molecule has 2 nitrogen and oxygen atoms in total. The normalized spacial score (nSPS) is 12.8. The lowest BCUT2D eigenvalue weighted by atomic mass is 9.98. The monoisotopic (exact) mass is 238 g/mol. The van der Waals surface area contributed by atoms with Gasteiger partial charge in [-0.05, 0) is 50.2 Å². The largest absolute Gasteiger partial charge is 0.384 e. The first kappa shape index (κ1) is 14.0. The van der Waals surface area contributed by atoms with E-state index in [9.17, 15) is 4.39 Å². The summed E-state index contributed by atoms with van der Waals surface area (Å²) >= 11 is 0. The highest BCUT2D eigenvalue weighted by atomic mass is 19.1. The van der Waals surface area contributed by atoms with Crippen LogP contribution in [0.4, 0.5) is 10.1 Å². The number of hydrogen-bond donors (Lipinski definition) is 1. The first-order valence-electron chi connectivity index (χ1n) is 6.22. The summed E-state index contributed by atoms with van der Waals surface area (Å²) < 4.78 is 13.5. The van der Waals surface area contributed by atoms with Crippen molar-refractivity contribution in [2.45, 2.75) is 26.2 Å². The quantitative estimate of drug-likeness (QED) is 0.818. The molecule has 0 spiro atoms. The molecule has 96 valence electrons. The lowest BCUT2D eigenvalue weighted by molar-refractivity contribution is 0.425. The smallest absolute Gasteiger partial charge is 0.125 e. The summed E-state index contributed by atoms with van der Waals surface area (Å²) in [6.45, 7) is 6.01. The number of likely N-dealkylation sites (N-methyl/N-ethyl adjacent to an activating group) is 1. The Bertz CT molecular complexity index is 350. The molecule has 3 heteroatoms. The van der Waals surface area contributed by atoms with Crippen molar-refractivity contribution >= 4 is 5.69 Å². The van der Waals surface area contributed by atoms with Crippen LogP contribution in [0.1, 0.15) is 31.7 Å². The van der Waals surface area contributed by atoms with Gasteiger partial charge in [0.05, 0.1) is 0 Å². The fraction of sp³-hybridized carbons (Fsp3) is 0.571. The number of hydrogen-bond acceptors (Lipinski definition) is 2. The molecule has 0 heterocycles. The fourth-order valence-electron chi connectivity index (χ4n) is 1.66. The van der Waals surface area contributed by atoms with Gasteiger partial charge in [0.15, 0.2) is 0 Å². The Morgan fingerprint density at radius 3 is 2.59 bits per heavy atom. The third-order valence-electron chi connectivity index (χ3n) is 2.99. The molecule has 1 rings (SSSR count). The van der Waals surface area contributed by atoms with Crippen molar-refractivity contribution in [2.24, 2.45) is 0 Å². The zero-order valence-corrected chi connectivity index (χ0v) is 11.3. The highest BCUT2D eigenvalue weighted by Gasteiger charge is 2.06. The van der Waals surface area contributed by atoms with Crippen molar-refractivity contribution in [1.82, 2.24) is 4.90 Å². The van der Waals surface area contributed by atoms with Crippen LogP contribution in [0.5, 0.6) is 0 Å². The van der Waals surface area contributed by atoms with Gasteiger partial charge in [-0.2, -0.15) is 0 Å². The molecule has 17 heavy (non-hydrogen) atoms. The molecule has 0 aliphatic carbocycles. The van der Waals surface area contributed by atoms with E-state index in [4.69, 9.17) is 0 Å². The Morgan fingerprint density at radius 2 is 2.00 bits per heavy atom. The summed E-state index contributed by atoms with van der Waals surface area (Å²) in [7, 11) is 4.05. The maximum absolute atomic E-state index is 13.5. The zero-order valence-electron chi connectivity index (χ0n) is 11.3. The van der Waals surface area contributed by atoms with Crippen LogP contribution >= 0.6 is 0 Å². The van der Waals surface area contributed by atoms with Crippen LogP contribution in [0.2, 0.25) is 0 Å². The molecule has 1 atom stereocenters. The molecule has 1 unspecified atom stereocenters.